The quantitative estimate of drug-likeness (QED) is 0.875. The van der Waals surface area contributed by atoms with Crippen LogP contribution in [0.4, 0.5) is 4.79 Å². The number of piperazine rings is 1. The van der Waals surface area contributed by atoms with Crippen LogP contribution in [-0.4, -0.2) is 66.7 Å². The molecule has 21 heavy (non-hydrogen) atoms. The van der Waals surface area contributed by atoms with Gasteiger partial charge in [0.2, 0.25) is 10.0 Å². The smallest absolute Gasteiger partial charge is 0.409 e. The Hall–Kier alpha value is -1.61. The molecule has 9 heteroatoms. The molecule has 0 saturated carbocycles. The van der Waals surface area contributed by atoms with E-state index in [-0.39, 0.29) is 18.0 Å². The summed E-state index contributed by atoms with van der Waals surface area (Å²) in [5, 5.41) is 6.61. The summed E-state index contributed by atoms with van der Waals surface area (Å²) in [6.07, 6.45) is -0.398. The number of hydrogen-bond donors (Lipinski definition) is 1. The van der Waals surface area contributed by atoms with E-state index in [1.165, 1.54) is 9.21 Å². The molecule has 1 aliphatic heterocycles. The van der Waals surface area contributed by atoms with Crippen molar-refractivity contribution in [3.8, 4) is 0 Å². The second-order valence-electron chi connectivity index (χ2n) is 4.85. The number of sulfonamides is 1. The molecule has 2 heterocycles. The van der Waals surface area contributed by atoms with Gasteiger partial charge in [0, 0.05) is 26.2 Å². The minimum atomic E-state index is -3.58. The van der Waals surface area contributed by atoms with Crippen LogP contribution in [0.1, 0.15) is 18.3 Å². The summed E-state index contributed by atoms with van der Waals surface area (Å²) in [5.74, 6) is 0. The van der Waals surface area contributed by atoms with Crippen molar-refractivity contribution in [1.29, 1.82) is 0 Å². The number of aromatic nitrogens is 2. The number of nitrogens with one attached hydrogen (secondary N) is 1. The van der Waals surface area contributed by atoms with Crippen molar-refractivity contribution in [2.24, 2.45) is 0 Å². The first kappa shape index (κ1) is 15.8. The van der Waals surface area contributed by atoms with Crippen LogP contribution in [0.2, 0.25) is 0 Å². The Morgan fingerprint density at radius 3 is 2.38 bits per heavy atom. The molecule has 0 unspecified atom stereocenters. The van der Waals surface area contributed by atoms with Crippen LogP contribution < -0.4 is 0 Å². The van der Waals surface area contributed by atoms with Crippen LogP contribution >= 0.6 is 0 Å². The Labute approximate surface area is 124 Å². The number of amides is 1. The minimum absolute atomic E-state index is 0.229. The second-order valence-corrected chi connectivity index (χ2v) is 6.73. The summed E-state index contributed by atoms with van der Waals surface area (Å²) in [5.41, 5.74) is 0.987. The van der Waals surface area contributed by atoms with E-state index in [2.05, 4.69) is 10.2 Å². The Morgan fingerprint density at radius 2 is 1.90 bits per heavy atom. The van der Waals surface area contributed by atoms with Gasteiger partial charge >= 0.3 is 6.09 Å². The van der Waals surface area contributed by atoms with Crippen LogP contribution in [-0.2, 0) is 14.8 Å². The van der Waals surface area contributed by atoms with Gasteiger partial charge in [-0.15, -0.1) is 0 Å². The number of hydrogen-bond acceptors (Lipinski definition) is 5. The molecule has 0 bridgehead atoms. The Morgan fingerprint density at radius 1 is 1.29 bits per heavy atom. The summed E-state index contributed by atoms with van der Waals surface area (Å²) in [6, 6.07) is 0. The molecule has 0 radical (unpaired) electrons. The lowest BCUT2D eigenvalue weighted by Gasteiger charge is -2.33. The zero-order valence-corrected chi connectivity index (χ0v) is 13.2. The molecule has 1 fully saturated rings. The van der Waals surface area contributed by atoms with Gasteiger partial charge in [-0.2, -0.15) is 9.40 Å². The maximum absolute atomic E-state index is 12.6. The molecule has 1 aliphatic rings. The van der Waals surface area contributed by atoms with Crippen LogP contribution in [0.5, 0.6) is 0 Å². The summed E-state index contributed by atoms with van der Waals surface area (Å²) < 4.78 is 31.5. The zero-order valence-electron chi connectivity index (χ0n) is 12.4. The topological polar surface area (TPSA) is 95.6 Å². The van der Waals surface area contributed by atoms with Crippen LogP contribution in [0.25, 0.3) is 0 Å². The van der Waals surface area contributed by atoms with Crippen LogP contribution in [0, 0.1) is 13.8 Å². The molecule has 1 aromatic rings. The van der Waals surface area contributed by atoms with Crippen molar-refractivity contribution in [2.75, 3.05) is 32.8 Å². The number of H-pyrrole nitrogens is 1. The lowest BCUT2D eigenvalue weighted by molar-refractivity contribution is 0.0934. The van der Waals surface area contributed by atoms with E-state index in [4.69, 9.17) is 4.74 Å². The van der Waals surface area contributed by atoms with E-state index >= 15 is 0 Å². The normalized spacial score (nSPS) is 17.0. The molecule has 0 spiro atoms. The van der Waals surface area contributed by atoms with E-state index in [1.54, 1.807) is 20.8 Å². The number of ether oxygens (including phenoxy) is 1. The number of rotatable bonds is 3. The highest BCUT2D eigenvalue weighted by atomic mass is 32.2. The molecule has 0 aliphatic carbocycles. The first-order chi connectivity index (χ1) is 9.87. The van der Waals surface area contributed by atoms with E-state index in [1.807, 2.05) is 0 Å². The third-order valence-electron chi connectivity index (χ3n) is 3.42. The van der Waals surface area contributed by atoms with Gasteiger partial charge in [0.1, 0.15) is 4.90 Å². The molecule has 1 saturated heterocycles. The standard InChI is InChI=1S/C12H20N4O4S/c1-4-20-12(17)15-5-7-16(8-6-15)21(18,19)11-9(2)13-14-10(11)3/h4-8H2,1-3H3,(H,13,14). The van der Waals surface area contributed by atoms with Crippen LogP contribution in [0.3, 0.4) is 0 Å². The van der Waals surface area contributed by atoms with Crippen molar-refractivity contribution < 1.29 is 17.9 Å². The maximum Gasteiger partial charge on any atom is 0.409 e. The third kappa shape index (κ3) is 3.03. The molecule has 8 nitrogen and oxygen atoms in total. The Bertz CT molecular complexity index is 598. The predicted octanol–water partition coefficient (Wildman–Crippen LogP) is 0.489. The number of carbonyl (C=O) groups excluding carboxylic acids is 1. The average molecular weight is 316 g/mol. The number of aryl methyl sites for hydroxylation is 2. The molecule has 1 aromatic heterocycles. The highest BCUT2D eigenvalue weighted by molar-refractivity contribution is 7.89. The summed E-state index contributed by atoms with van der Waals surface area (Å²) in [4.78, 5) is 13.4. The van der Waals surface area contributed by atoms with Gasteiger partial charge in [-0.3, -0.25) is 5.10 Å². The van der Waals surface area contributed by atoms with E-state index in [0.717, 1.165) is 0 Å². The van der Waals surface area contributed by atoms with Gasteiger partial charge in [-0.25, -0.2) is 13.2 Å². The van der Waals surface area contributed by atoms with Crippen molar-refractivity contribution in [2.45, 2.75) is 25.7 Å². The highest BCUT2D eigenvalue weighted by Gasteiger charge is 2.33. The number of nitrogens with zero attached hydrogens (tertiary/aromatic N) is 3. The maximum atomic E-state index is 12.6. The third-order valence-corrected chi connectivity index (χ3v) is 5.59. The number of carbonyl (C=O) groups is 1. The van der Waals surface area contributed by atoms with Crippen molar-refractivity contribution in [3.05, 3.63) is 11.4 Å². The fraction of sp³-hybridized carbons (Fsp3) is 0.667. The van der Waals surface area contributed by atoms with Crippen molar-refractivity contribution in [3.63, 3.8) is 0 Å². The molecule has 2 rings (SSSR count). The molecule has 0 atom stereocenters. The van der Waals surface area contributed by atoms with Gasteiger partial charge in [-0.1, -0.05) is 0 Å². The van der Waals surface area contributed by atoms with Crippen molar-refractivity contribution >= 4 is 16.1 Å². The SMILES string of the molecule is CCOC(=O)N1CCN(S(=O)(=O)c2c(C)n[nH]c2C)CC1. The first-order valence-electron chi connectivity index (χ1n) is 6.81. The summed E-state index contributed by atoms with van der Waals surface area (Å²) in [6.45, 7) is 6.55. The van der Waals surface area contributed by atoms with Gasteiger partial charge in [0.15, 0.2) is 0 Å². The first-order valence-corrected chi connectivity index (χ1v) is 8.25. The number of aromatic amines is 1. The zero-order chi connectivity index (χ0) is 15.6. The molecular weight excluding hydrogens is 296 g/mol. The van der Waals surface area contributed by atoms with E-state index in [0.29, 0.717) is 31.1 Å². The summed E-state index contributed by atoms with van der Waals surface area (Å²) in [7, 11) is -3.58. The molecular formula is C12H20N4O4S. The predicted molar refractivity (Wildman–Crippen MR) is 75.4 cm³/mol. The lowest BCUT2D eigenvalue weighted by atomic mass is 10.4. The summed E-state index contributed by atoms with van der Waals surface area (Å²) >= 11 is 0. The molecule has 0 aromatic carbocycles. The van der Waals surface area contributed by atoms with Gasteiger partial charge in [0.05, 0.1) is 18.0 Å². The van der Waals surface area contributed by atoms with Gasteiger partial charge < -0.3 is 9.64 Å². The molecule has 1 N–H and O–H groups in total. The molecule has 118 valence electrons. The van der Waals surface area contributed by atoms with Crippen molar-refractivity contribution in [1.82, 2.24) is 19.4 Å². The lowest BCUT2D eigenvalue weighted by Crippen LogP contribution is -2.50. The fourth-order valence-corrected chi connectivity index (χ4v) is 4.13. The average Bonchev–Trinajstić information content (AvgIpc) is 2.79. The Kier molecular flexibility index (Phi) is 4.52. The van der Waals surface area contributed by atoms with E-state index < -0.39 is 16.1 Å². The monoisotopic (exact) mass is 316 g/mol. The Balaban J connectivity index is 2.10. The minimum Gasteiger partial charge on any atom is -0.450 e. The van der Waals surface area contributed by atoms with Crippen LogP contribution in [0.15, 0.2) is 4.90 Å². The van der Waals surface area contributed by atoms with Gasteiger partial charge in [-0.05, 0) is 20.8 Å². The second kappa shape index (κ2) is 6.02. The molecule has 1 amide bonds. The highest BCUT2D eigenvalue weighted by Crippen LogP contribution is 2.22. The fourth-order valence-electron chi connectivity index (χ4n) is 2.38. The largest absolute Gasteiger partial charge is 0.450 e. The van der Waals surface area contributed by atoms with E-state index in [9.17, 15) is 13.2 Å². The van der Waals surface area contributed by atoms with Gasteiger partial charge in [0.25, 0.3) is 0 Å².